The first kappa shape index (κ1) is 10.6. The van der Waals surface area contributed by atoms with E-state index in [0.717, 1.165) is 5.56 Å². The zero-order chi connectivity index (χ0) is 11.5. The first-order chi connectivity index (χ1) is 7.70. The van der Waals surface area contributed by atoms with Crippen molar-refractivity contribution in [2.24, 2.45) is 5.73 Å². The van der Waals surface area contributed by atoms with Gasteiger partial charge >= 0.3 is 0 Å². The van der Waals surface area contributed by atoms with Crippen molar-refractivity contribution in [3.8, 4) is 17.3 Å². The smallest absolute Gasteiger partial charge is 0.243 e. The molecule has 0 aliphatic heterocycles. The van der Waals surface area contributed by atoms with Gasteiger partial charge in [0.25, 0.3) is 0 Å². The molecular formula is C10H12N4O2. The third-order valence-corrected chi connectivity index (χ3v) is 2.03. The van der Waals surface area contributed by atoms with Crippen molar-refractivity contribution in [1.29, 1.82) is 0 Å². The number of nitrogens with two attached hydrogens (primary N) is 1. The molecule has 2 rings (SSSR count). The predicted molar refractivity (Wildman–Crippen MR) is 56.7 cm³/mol. The molecule has 0 aromatic carbocycles. The minimum atomic E-state index is -0.273. The summed E-state index contributed by atoms with van der Waals surface area (Å²) in [5.41, 5.74) is 6.41. The Balaban J connectivity index is 2.34. The van der Waals surface area contributed by atoms with E-state index < -0.39 is 0 Å². The van der Waals surface area contributed by atoms with Crippen LogP contribution in [0.25, 0.3) is 11.4 Å². The monoisotopic (exact) mass is 220 g/mol. The SMILES string of the molecule is COc1cc(-c2noc([C@@H](C)N)n2)ccn1. The van der Waals surface area contributed by atoms with Crippen LogP contribution in [-0.4, -0.2) is 22.2 Å². The Morgan fingerprint density at radius 1 is 1.50 bits per heavy atom. The van der Waals surface area contributed by atoms with Crippen LogP contribution in [0, 0.1) is 0 Å². The van der Waals surface area contributed by atoms with Gasteiger partial charge in [-0.25, -0.2) is 4.98 Å². The van der Waals surface area contributed by atoms with E-state index in [4.69, 9.17) is 15.0 Å². The molecule has 0 aliphatic carbocycles. The number of methoxy groups -OCH3 is 1. The number of rotatable bonds is 3. The lowest BCUT2D eigenvalue weighted by Gasteiger charge is -1.98. The van der Waals surface area contributed by atoms with Crippen LogP contribution in [0.2, 0.25) is 0 Å². The summed E-state index contributed by atoms with van der Waals surface area (Å²) >= 11 is 0. The van der Waals surface area contributed by atoms with Crippen LogP contribution in [-0.2, 0) is 0 Å². The van der Waals surface area contributed by atoms with Crippen LogP contribution in [0.1, 0.15) is 18.9 Å². The van der Waals surface area contributed by atoms with Crippen molar-refractivity contribution in [2.45, 2.75) is 13.0 Å². The molecule has 6 nitrogen and oxygen atoms in total. The Kier molecular flexibility index (Phi) is 2.82. The highest BCUT2D eigenvalue weighted by molar-refractivity contribution is 5.55. The van der Waals surface area contributed by atoms with Crippen LogP contribution in [0.4, 0.5) is 0 Å². The molecule has 0 saturated carbocycles. The van der Waals surface area contributed by atoms with Crippen LogP contribution >= 0.6 is 0 Å². The van der Waals surface area contributed by atoms with Gasteiger partial charge in [0.15, 0.2) is 0 Å². The molecular weight excluding hydrogens is 208 g/mol. The van der Waals surface area contributed by atoms with Crippen molar-refractivity contribution in [1.82, 2.24) is 15.1 Å². The third-order valence-electron chi connectivity index (χ3n) is 2.03. The summed E-state index contributed by atoms with van der Waals surface area (Å²) in [6.07, 6.45) is 1.62. The van der Waals surface area contributed by atoms with Crippen LogP contribution in [0.5, 0.6) is 5.88 Å². The lowest BCUT2D eigenvalue weighted by molar-refractivity contribution is 0.362. The maximum absolute atomic E-state index is 5.63. The first-order valence-corrected chi connectivity index (χ1v) is 4.80. The Morgan fingerprint density at radius 3 is 2.94 bits per heavy atom. The summed E-state index contributed by atoms with van der Waals surface area (Å²) < 4.78 is 10.0. The fraction of sp³-hybridized carbons (Fsp3) is 0.300. The van der Waals surface area contributed by atoms with Gasteiger partial charge in [-0.2, -0.15) is 4.98 Å². The normalized spacial score (nSPS) is 12.4. The quantitative estimate of drug-likeness (QED) is 0.835. The summed E-state index contributed by atoms with van der Waals surface area (Å²) in [4.78, 5) is 8.16. The molecule has 2 N–H and O–H groups in total. The highest BCUT2D eigenvalue weighted by atomic mass is 16.5. The molecule has 2 heterocycles. The number of hydrogen-bond donors (Lipinski definition) is 1. The van der Waals surface area contributed by atoms with Crippen molar-refractivity contribution in [3.05, 3.63) is 24.2 Å². The molecule has 2 aromatic heterocycles. The van der Waals surface area contributed by atoms with E-state index in [-0.39, 0.29) is 6.04 Å². The van der Waals surface area contributed by atoms with E-state index in [1.807, 2.05) is 0 Å². The highest BCUT2D eigenvalue weighted by Gasteiger charge is 2.12. The van der Waals surface area contributed by atoms with Crippen LogP contribution in [0.3, 0.4) is 0 Å². The van der Waals surface area contributed by atoms with Gasteiger partial charge in [0, 0.05) is 17.8 Å². The third kappa shape index (κ3) is 2.01. The van der Waals surface area contributed by atoms with Gasteiger partial charge in [0.2, 0.25) is 17.6 Å². The van der Waals surface area contributed by atoms with E-state index in [9.17, 15) is 0 Å². The van der Waals surface area contributed by atoms with Gasteiger partial charge in [-0.05, 0) is 13.0 Å². The Labute approximate surface area is 92.4 Å². The minimum absolute atomic E-state index is 0.273. The van der Waals surface area contributed by atoms with Crippen molar-refractivity contribution in [3.63, 3.8) is 0 Å². The summed E-state index contributed by atoms with van der Waals surface area (Å²) in [5.74, 6) is 1.39. The average molecular weight is 220 g/mol. The molecule has 0 fully saturated rings. The van der Waals surface area contributed by atoms with Gasteiger partial charge in [-0.1, -0.05) is 5.16 Å². The molecule has 6 heteroatoms. The predicted octanol–water partition coefficient (Wildman–Crippen LogP) is 1.16. The molecule has 0 spiro atoms. The van der Waals surface area contributed by atoms with Crippen molar-refractivity contribution < 1.29 is 9.26 Å². The number of hydrogen-bond acceptors (Lipinski definition) is 6. The van der Waals surface area contributed by atoms with E-state index in [0.29, 0.717) is 17.6 Å². The number of ether oxygens (including phenoxy) is 1. The van der Waals surface area contributed by atoms with Gasteiger partial charge in [0.1, 0.15) is 0 Å². The summed E-state index contributed by atoms with van der Waals surface area (Å²) in [6.45, 7) is 1.78. The van der Waals surface area contributed by atoms with E-state index in [1.54, 1.807) is 32.4 Å². The van der Waals surface area contributed by atoms with Gasteiger partial charge in [-0.15, -0.1) is 0 Å². The average Bonchev–Trinajstić information content (AvgIpc) is 2.78. The molecule has 0 bridgehead atoms. The van der Waals surface area contributed by atoms with Crippen LogP contribution < -0.4 is 10.5 Å². The molecule has 16 heavy (non-hydrogen) atoms. The van der Waals surface area contributed by atoms with E-state index in [1.165, 1.54) is 0 Å². The molecule has 0 unspecified atom stereocenters. The summed E-state index contributed by atoms with van der Waals surface area (Å²) in [5, 5.41) is 3.83. The van der Waals surface area contributed by atoms with Gasteiger partial charge < -0.3 is 15.0 Å². The number of pyridine rings is 1. The molecule has 0 aliphatic rings. The molecule has 0 saturated heterocycles. The molecule has 0 radical (unpaired) electrons. The molecule has 84 valence electrons. The summed E-state index contributed by atoms with van der Waals surface area (Å²) in [6, 6.07) is 3.23. The second-order valence-electron chi connectivity index (χ2n) is 3.33. The topological polar surface area (TPSA) is 87.1 Å². The van der Waals surface area contributed by atoms with E-state index in [2.05, 4.69) is 15.1 Å². The largest absolute Gasteiger partial charge is 0.481 e. The maximum atomic E-state index is 5.63. The van der Waals surface area contributed by atoms with Crippen LogP contribution in [0.15, 0.2) is 22.9 Å². The van der Waals surface area contributed by atoms with Crippen molar-refractivity contribution >= 4 is 0 Å². The van der Waals surface area contributed by atoms with Gasteiger partial charge in [-0.3, -0.25) is 0 Å². The Bertz CT molecular complexity index is 481. The second-order valence-corrected chi connectivity index (χ2v) is 3.33. The fourth-order valence-corrected chi connectivity index (χ4v) is 1.20. The second kappa shape index (κ2) is 4.28. The minimum Gasteiger partial charge on any atom is -0.481 e. The van der Waals surface area contributed by atoms with E-state index >= 15 is 0 Å². The van der Waals surface area contributed by atoms with Crippen molar-refractivity contribution in [2.75, 3.05) is 7.11 Å². The number of nitrogens with zero attached hydrogens (tertiary/aromatic N) is 3. The zero-order valence-corrected chi connectivity index (χ0v) is 9.04. The Morgan fingerprint density at radius 2 is 2.31 bits per heavy atom. The number of aromatic nitrogens is 3. The first-order valence-electron chi connectivity index (χ1n) is 4.80. The lowest BCUT2D eigenvalue weighted by Crippen LogP contribution is -2.04. The fourth-order valence-electron chi connectivity index (χ4n) is 1.20. The highest BCUT2D eigenvalue weighted by Crippen LogP contribution is 2.20. The zero-order valence-electron chi connectivity index (χ0n) is 9.04. The summed E-state index contributed by atoms with van der Waals surface area (Å²) in [7, 11) is 1.55. The maximum Gasteiger partial charge on any atom is 0.243 e. The molecule has 1 atom stereocenters. The molecule has 2 aromatic rings. The van der Waals surface area contributed by atoms with Gasteiger partial charge in [0.05, 0.1) is 13.2 Å². The lowest BCUT2D eigenvalue weighted by atomic mass is 10.2. The standard InChI is InChI=1S/C10H12N4O2/c1-6(11)10-13-9(14-16-10)7-3-4-12-8(5-7)15-2/h3-6H,11H2,1-2H3/t6-/m1/s1. The Hall–Kier alpha value is -1.95. The molecule has 0 amide bonds.